The zero-order valence-corrected chi connectivity index (χ0v) is 15.2. The largest absolute Gasteiger partial charge is 0.451 e. The minimum atomic E-state index is -4.62. The zero-order valence-electron chi connectivity index (χ0n) is 14.3. The second-order valence-electron chi connectivity index (χ2n) is 5.91. The summed E-state index contributed by atoms with van der Waals surface area (Å²) in [6.07, 6.45) is -4.13. The third-order valence-electron chi connectivity index (χ3n) is 3.86. The van der Waals surface area contributed by atoms with Crippen LogP contribution in [-0.4, -0.2) is 20.2 Å². The molecule has 142 valence electrons. The average Bonchev–Trinajstić information content (AvgIpc) is 3.13. The van der Waals surface area contributed by atoms with E-state index in [-0.39, 0.29) is 16.3 Å². The Morgan fingerprint density at radius 2 is 1.57 bits per heavy atom. The molecule has 0 radical (unpaired) electrons. The van der Waals surface area contributed by atoms with Crippen molar-refractivity contribution < 1.29 is 17.6 Å². The molecule has 0 aliphatic rings. The molecule has 0 saturated carbocycles. The van der Waals surface area contributed by atoms with Gasteiger partial charge in [0.15, 0.2) is 0 Å². The number of rotatable bonds is 5. The van der Waals surface area contributed by atoms with E-state index >= 15 is 0 Å². The van der Waals surface area contributed by atoms with E-state index in [1.807, 2.05) is 30.3 Å². The molecular formula is C19H13F3N4OS. The lowest BCUT2D eigenvalue weighted by Crippen LogP contribution is -2.11. The summed E-state index contributed by atoms with van der Waals surface area (Å²) in [7, 11) is 0. The van der Waals surface area contributed by atoms with Gasteiger partial charge in [0.1, 0.15) is 5.03 Å². The maximum Gasteiger partial charge on any atom is 0.451 e. The lowest BCUT2D eigenvalue weighted by atomic mass is 10.2. The molecule has 0 aliphatic carbocycles. The molecule has 0 unspecified atom stereocenters. The Morgan fingerprint density at radius 1 is 0.857 bits per heavy atom. The molecule has 4 aromatic rings. The fourth-order valence-electron chi connectivity index (χ4n) is 2.60. The van der Waals surface area contributed by atoms with Crippen LogP contribution in [0.2, 0.25) is 0 Å². The predicted molar refractivity (Wildman–Crippen MR) is 97.6 cm³/mol. The molecule has 9 heteroatoms. The molecule has 0 aliphatic heterocycles. The first-order chi connectivity index (χ1) is 13.5. The third kappa shape index (κ3) is 4.14. The summed E-state index contributed by atoms with van der Waals surface area (Å²) in [5.74, 6) is -0.179. The number of alkyl halides is 3. The van der Waals surface area contributed by atoms with Crippen molar-refractivity contribution in [3.05, 3.63) is 77.8 Å². The smallest absolute Gasteiger partial charge is 0.424 e. The highest BCUT2D eigenvalue weighted by Gasteiger charge is 2.35. The van der Waals surface area contributed by atoms with Gasteiger partial charge in [-0.05, 0) is 11.6 Å². The molecule has 28 heavy (non-hydrogen) atoms. The molecule has 0 saturated heterocycles. The zero-order chi connectivity index (χ0) is 19.6. The standard InChI is InChI=1S/C19H13F3N4OS/c20-19(21,22)18-23-14-9-5-4-8-13(14)17(24-18)28-11-16-26-25-15(27-16)10-12-6-2-1-3-7-12/h1-9H,10-11H2. The first-order valence-corrected chi connectivity index (χ1v) is 9.29. The van der Waals surface area contributed by atoms with Gasteiger partial charge in [0.05, 0.1) is 17.7 Å². The van der Waals surface area contributed by atoms with E-state index in [0.29, 0.717) is 23.6 Å². The fraction of sp³-hybridized carbons (Fsp3) is 0.158. The Hall–Kier alpha value is -2.94. The van der Waals surface area contributed by atoms with Crippen LogP contribution in [0.3, 0.4) is 0 Å². The average molecular weight is 402 g/mol. The fourth-order valence-corrected chi connectivity index (χ4v) is 3.46. The van der Waals surface area contributed by atoms with E-state index in [4.69, 9.17) is 4.42 Å². The summed E-state index contributed by atoms with van der Waals surface area (Å²) in [5, 5.41) is 8.74. The molecule has 2 heterocycles. The van der Waals surface area contributed by atoms with Crippen molar-refractivity contribution in [2.24, 2.45) is 0 Å². The summed E-state index contributed by atoms with van der Waals surface area (Å²) >= 11 is 1.11. The van der Waals surface area contributed by atoms with Gasteiger partial charge in [-0.2, -0.15) is 13.2 Å². The van der Waals surface area contributed by atoms with Crippen molar-refractivity contribution in [1.82, 2.24) is 20.2 Å². The number of nitrogens with zero attached hydrogens (tertiary/aromatic N) is 4. The summed E-state index contributed by atoms with van der Waals surface area (Å²) in [4.78, 5) is 7.31. The Bertz CT molecular complexity index is 1100. The van der Waals surface area contributed by atoms with Crippen molar-refractivity contribution in [2.45, 2.75) is 23.4 Å². The van der Waals surface area contributed by atoms with Gasteiger partial charge in [-0.3, -0.25) is 0 Å². The van der Waals surface area contributed by atoms with Gasteiger partial charge in [-0.15, -0.1) is 10.2 Å². The van der Waals surface area contributed by atoms with E-state index in [9.17, 15) is 13.2 Å². The van der Waals surface area contributed by atoms with Gasteiger partial charge < -0.3 is 4.42 Å². The van der Waals surface area contributed by atoms with E-state index in [2.05, 4.69) is 20.2 Å². The monoisotopic (exact) mass is 402 g/mol. The van der Waals surface area contributed by atoms with Crippen LogP contribution in [0.1, 0.15) is 23.2 Å². The SMILES string of the molecule is FC(F)(F)c1nc(SCc2nnc(Cc3ccccc3)o2)c2ccccc2n1. The Kier molecular flexibility index (Phi) is 4.99. The van der Waals surface area contributed by atoms with Crippen molar-refractivity contribution >= 4 is 22.7 Å². The van der Waals surface area contributed by atoms with Crippen LogP contribution in [0.5, 0.6) is 0 Å². The number of hydrogen-bond acceptors (Lipinski definition) is 6. The molecule has 0 N–H and O–H groups in total. The third-order valence-corrected chi connectivity index (χ3v) is 4.84. The molecule has 0 spiro atoms. The molecule has 0 atom stereocenters. The highest BCUT2D eigenvalue weighted by atomic mass is 32.2. The highest BCUT2D eigenvalue weighted by molar-refractivity contribution is 7.98. The van der Waals surface area contributed by atoms with Gasteiger partial charge in [0, 0.05) is 5.39 Å². The maximum absolute atomic E-state index is 13.1. The quantitative estimate of drug-likeness (QED) is 0.349. The van der Waals surface area contributed by atoms with E-state index in [0.717, 1.165) is 17.3 Å². The number of halogens is 3. The van der Waals surface area contributed by atoms with Crippen molar-refractivity contribution in [1.29, 1.82) is 0 Å². The van der Waals surface area contributed by atoms with Gasteiger partial charge in [-0.1, -0.05) is 60.3 Å². The second kappa shape index (κ2) is 7.59. The molecule has 0 fully saturated rings. The molecule has 5 nitrogen and oxygen atoms in total. The van der Waals surface area contributed by atoms with Gasteiger partial charge in [0.25, 0.3) is 0 Å². The highest BCUT2D eigenvalue weighted by Crippen LogP contribution is 2.33. The topological polar surface area (TPSA) is 64.7 Å². The Labute approximate surface area is 162 Å². The predicted octanol–water partition coefficient (Wildman–Crippen LogP) is 4.91. The number of benzene rings is 2. The number of fused-ring (bicyclic) bond motifs is 1. The van der Waals surface area contributed by atoms with Crippen molar-refractivity contribution in [3.8, 4) is 0 Å². The lowest BCUT2D eigenvalue weighted by molar-refractivity contribution is -0.145. The minimum Gasteiger partial charge on any atom is -0.424 e. The molecule has 4 rings (SSSR count). The first kappa shape index (κ1) is 18.4. The van der Waals surface area contributed by atoms with Crippen LogP contribution in [0.25, 0.3) is 10.9 Å². The molecular weight excluding hydrogens is 389 g/mol. The summed E-state index contributed by atoms with van der Waals surface area (Å²) < 4.78 is 44.9. The molecule has 2 aromatic heterocycles. The number of hydrogen-bond donors (Lipinski definition) is 0. The maximum atomic E-state index is 13.1. The van der Waals surface area contributed by atoms with Gasteiger partial charge in [-0.25, -0.2) is 9.97 Å². The molecule has 0 bridgehead atoms. The Morgan fingerprint density at radius 3 is 2.36 bits per heavy atom. The molecule has 0 amide bonds. The van der Waals surface area contributed by atoms with E-state index < -0.39 is 12.0 Å². The lowest BCUT2D eigenvalue weighted by Gasteiger charge is -2.09. The summed E-state index contributed by atoms with van der Waals surface area (Å²) in [6, 6.07) is 16.2. The van der Waals surface area contributed by atoms with E-state index in [1.165, 1.54) is 6.07 Å². The number of aromatic nitrogens is 4. The summed E-state index contributed by atoms with van der Waals surface area (Å²) in [6.45, 7) is 0. The van der Waals surface area contributed by atoms with Crippen LogP contribution >= 0.6 is 11.8 Å². The van der Waals surface area contributed by atoms with Gasteiger partial charge in [0.2, 0.25) is 17.6 Å². The Balaban J connectivity index is 1.54. The second-order valence-corrected chi connectivity index (χ2v) is 6.87. The van der Waals surface area contributed by atoms with Crippen LogP contribution in [0.15, 0.2) is 64.0 Å². The normalized spacial score (nSPS) is 11.8. The van der Waals surface area contributed by atoms with Crippen LogP contribution in [0, 0.1) is 0 Å². The van der Waals surface area contributed by atoms with Crippen molar-refractivity contribution in [3.63, 3.8) is 0 Å². The number of thioether (sulfide) groups is 1. The van der Waals surface area contributed by atoms with Crippen LogP contribution < -0.4 is 0 Å². The minimum absolute atomic E-state index is 0.208. The van der Waals surface area contributed by atoms with Crippen molar-refractivity contribution in [2.75, 3.05) is 0 Å². The van der Waals surface area contributed by atoms with E-state index in [1.54, 1.807) is 18.2 Å². The molecule has 2 aromatic carbocycles. The van der Waals surface area contributed by atoms with Crippen LogP contribution in [-0.2, 0) is 18.3 Å². The first-order valence-electron chi connectivity index (χ1n) is 8.31. The van der Waals surface area contributed by atoms with Crippen LogP contribution in [0.4, 0.5) is 13.2 Å². The number of para-hydroxylation sites is 1. The summed E-state index contributed by atoms with van der Waals surface area (Å²) in [5.41, 5.74) is 1.27. The van der Waals surface area contributed by atoms with Gasteiger partial charge >= 0.3 is 6.18 Å².